The molecule has 28 heavy (non-hydrogen) atoms. The fraction of sp³-hybridized carbons (Fsp3) is 0.333. The van der Waals surface area contributed by atoms with Crippen LogP contribution in [0.1, 0.15) is 32.9 Å². The standard InChI is InChI=1S/C18H20N2O6S2/c1-25-18(22)16-15(8-10-27-16)28(23,24)20-14-7-3-2-6-13(14)17(21)19-11-12-5-4-9-26-12/h2-3,6-8,10,12,20H,4-5,9,11H2,1H3,(H,19,21)/t12-/m1/s1. The predicted molar refractivity (Wildman–Crippen MR) is 104 cm³/mol. The first-order valence-electron chi connectivity index (χ1n) is 8.60. The summed E-state index contributed by atoms with van der Waals surface area (Å²) in [6.07, 6.45) is 1.81. The van der Waals surface area contributed by atoms with Gasteiger partial charge in [0.2, 0.25) is 0 Å². The van der Waals surface area contributed by atoms with E-state index >= 15 is 0 Å². The van der Waals surface area contributed by atoms with Crippen molar-refractivity contribution < 1.29 is 27.5 Å². The number of sulfonamides is 1. The lowest BCUT2D eigenvalue weighted by atomic mass is 10.1. The Morgan fingerprint density at radius 1 is 1.29 bits per heavy atom. The minimum absolute atomic E-state index is 0.0266. The van der Waals surface area contributed by atoms with Crippen LogP contribution in [0.4, 0.5) is 5.69 Å². The van der Waals surface area contributed by atoms with Gasteiger partial charge in [-0.2, -0.15) is 0 Å². The Kier molecular flexibility index (Phi) is 6.32. The average Bonchev–Trinajstić information content (AvgIpc) is 3.37. The molecule has 0 bridgehead atoms. The average molecular weight is 425 g/mol. The van der Waals surface area contributed by atoms with E-state index in [9.17, 15) is 18.0 Å². The fourth-order valence-corrected chi connectivity index (χ4v) is 5.24. The maximum atomic E-state index is 12.8. The zero-order chi connectivity index (χ0) is 20.1. The highest BCUT2D eigenvalue weighted by Crippen LogP contribution is 2.26. The molecule has 1 aromatic heterocycles. The molecule has 1 aliphatic rings. The first-order valence-corrected chi connectivity index (χ1v) is 11.0. The van der Waals surface area contributed by atoms with Gasteiger partial charge in [-0.25, -0.2) is 13.2 Å². The summed E-state index contributed by atoms with van der Waals surface area (Å²) in [6, 6.07) is 7.59. The first kappa shape index (κ1) is 20.3. The molecule has 0 radical (unpaired) electrons. The normalized spacial score (nSPS) is 16.5. The third kappa shape index (κ3) is 4.51. The number of methoxy groups -OCH3 is 1. The van der Waals surface area contributed by atoms with E-state index in [1.807, 2.05) is 0 Å². The Labute approximate surface area is 166 Å². The van der Waals surface area contributed by atoms with Crippen LogP contribution in [0.15, 0.2) is 40.6 Å². The van der Waals surface area contributed by atoms with Crippen molar-refractivity contribution in [3.8, 4) is 0 Å². The molecule has 1 aliphatic heterocycles. The molecule has 1 amide bonds. The molecule has 1 atom stereocenters. The number of esters is 1. The number of thiophene rings is 1. The van der Waals surface area contributed by atoms with Gasteiger partial charge in [0.05, 0.1) is 24.5 Å². The minimum Gasteiger partial charge on any atom is -0.465 e. The number of amides is 1. The summed E-state index contributed by atoms with van der Waals surface area (Å²) < 4.78 is 38.1. The lowest BCUT2D eigenvalue weighted by Crippen LogP contribution is -2.32. The molecular weight excluding hydrogens is 404 g/mol. The summed E-state index contributed by atoms with van der Waals surface area (Å²) in [5.74, 6) is -1.15. The fourth-order valence-electron chi connectivity index (χ4n) is 2.83. The lowest BCUT2D eigenvalue weighted by molar-refractivity contribution is 0.0602. The van der Waals surface area contributed by atoms with E-state index in [1.54, 1.807) is 12.1 Å². The summed E-state index contributed by atoms with van der Waals surface area (Å²) in [5, 5.41) is 4.26. The number of hydrogen-bond donors (Lipinski definition) is 2. The summed E-state index contributed by atoms with van der Waals surface area (Å²) in [4.78, 5) is 24.1. The van der Waals surface area contributed by atoms with Crippen LogP contribution in [0, 0.1) is 0 Å². The Morgan fingerprint density at radius 2 is 2.07 bits per heavy atom. The number of benzene rings is 1. The van der Waals surface area contributed by atoms with Crippen LogP contribution in [0.5, 0.6) is 0 Å². The van der Waals surface area contributed by atoms with E-state index in [1.165, 1.54) is 30.7 Å². The monoisotopic (exact) mass is 424 g/mol. The molecule has 0 spiro atoms. The van der Waals surface area contributed by atoms with Gasteiger partial charge in [-0.05, 0) is 36.4 Å². The molecule has 2 heterocycles. The number of hydrogen-bond acceptors (Lipinski definition) is 7. The molecule has 2 N–H and O–H groups in total. The quantitative estimate of drug-likeness (QED) is 0.660. The number of carbonyl (C=O) groups is 2. The summed E-state index contributed by atoms with van der Waals surface area (Å²) in [6.45, 7) is 1.04. The highest BCUT2D eigenvalue weighted by molar-refractivity contribution is 7.93. The molecule has 0 aliphatic carbocycles. The van der Waals surface area contributed by atoms with Crippen molar-refractivity contribution in [2.75, 3.05) is 25.0 Å². The third-order valence-corrected chi connectivity index (χ3v) is 6.65. The van der Waals surface area contributed by atoms with E-state index in [2.05, 4.69) is 14.8 Å². The molecule has 10 heteroatoms. The van der Waals surface area contributed by atoms with Crippen LogP contribution >= 0.6 is 11.3 Å². The van der Waals surface area contributed by atoms with Gasteiger partial charge < -0.3 is 14.8 Å². The molecule has 150 valence electrons. The van der Waals surface area contributed by atoms with E-state index in [0.29, 0.717) is 13.2 Å². The van der Waals surface area contributed by atoms with E-state index in [0.717, 1.165) is 24.2 Å². The van der Waals surface area contributed by atoms with Crippen molar-refractivity contribution in [1.29, 1.82) is 0 Å². The van der Waals surface area contributed by atoms with Crippen molar-refractivity contribution in [1.82, 2.24) is 5.32 Å². The van der Waals surface area contributed by atoms with Gasteiger partial charge in [0.15, 0.2) is 0 Å². The maximum Gasteiger partial charge on any atom is 0.349 e. The van der Waals surface area contributed by atoms with Gasteiger partial charge >= 0.3 is 5.97 Å². The number of carbonyl (C=O) groups excluding carboxylic acids is 2. The van der Waals surface area contributed by atoms with Crippen LogP contribution < -0.4 is 10.0 Å². The van der Waals surface area contributed by atoms with E-state index in [-0.39, 0.29) is 27.1 Å². The number of rotatable bonds is 7. The lowest BCUT2D eigenvalue weighted by Gasteiger charge is -2.14. The Bertz CT molecular complexity index is 964. The van der Waals surface area contributed by atoms with Gasteiger partial charge in [-0.1, -0.05) is 12.1 Å². The molecule has 3 rings (SSSR count). The molecule has 1 saturated heterocycles. The summed E-state index contributed by atoms with van der Waals surface area (Å²) in [5.41, 5.74) is 0.299. The van der Waals surface area contributed by atoms with Crippen molar-refractivity contribution in [2.24, 2.45) is 0 Å². The largest absolute Gasteiger partial charge is 0.465 e. The van der Waals surface area contributed by atoms with Crippen molar-refractivity contribution >= 4 is 38.9 Å². The first-order chi connectivity index (χ1) is 13.4. The number of ether oxygens (including phenoxy) is 2. The second-order valence-corrected chi connectivity index (χ2v) is 8.67. The van der Waals surface area contributed by atoms with Crippen LogP contribution in [0.3, 0.4) is 0 Å². The Morgan fingerprint density at radius 3 is 2.79 bits per heavy atom. The topological polar surface area (TPSA) is 111 Å². The summed E-state index contributed by atoms with van der Waals surface area (Å²) >= 11 is 0.965. The minimum atomic E-state index is -4.09. The van der Waals surface area contributed by atoms with Gasteiger partial charge in [-0.3, -0.25) is 9.52 Å². The smallest absolute Gasteiger partial charge is 0.349 e. The van der Waals surface area contributed by atoms with Crippen molar-refractivity contribution in [2.45, 2.75) is 23.8 Å². The van der Waals surface area contributed by atoms with Gasteiger partial charge in [0, 0.05) is 13.2 Å². The van der Waals surface area contributed by atoms with E-state index < -0.39 is 21.9 Å². The molecule has 0 unspecified atom stereocenters. The highest BCUT2D eigenvalue weighted by Gasteiger charge is 2.26. The molecular formula is C18H20N2O6S2. The SMILES string of the molecule is COC(=O)c1sccc1S(=O)(=O)Nc1ccccc1C(=O)NC[C@H]1CCCO1. The summed E-state index contributed by atoms with van der Waals surface area (Å²) in [7, 11) is -2.91. The van der Waals surface area contributed by atoms with Gasteiger partial charge in [0.1, 0.15) is 9.77 Å². The molecule has 2 aromatic rings. The second kappa shape index (κ2) is 8.72. The zero-order valence-electron chi connectivity index (χ0n) is 15.1. The van der Waals surface area contributed by atoms with Crippen molar-refractivity contribution in [3.05, 3.63) is 46.2 Å². The number of anilines is 1. The van der Waals surface area contributed by atoms with Crippen LogP contribution in [0.2, 0.25) is 0 Å². The molecule has 0 saturated carbocycles. The van der Waals surface area contributed by atoms with E-state index in [4.69, 9.17) is 4.74 Å². The molecule has 8 nitrogen and oxygen atoms in total. The van der Waals surface area contributed by atoms with Crippen LogP contribution in [0.25, 0.3) is 0 Å². The van der Waals surface area contributed by atoms with Crippen molar-refractivity contribution in [3.63, 3.8) is 0 Å². The van der Waals surface area contributed by atoms with Crippen LogP contribution in [-0.4, -0.2) is 46.7 Å². The second-order valence-electron chi connectivity index (χ2n) is 6.10. The number of nitrogens with one attached hydrogen (secondary N) is 2. The van der Waals surface area contributed by atoms with Crippen LogP contribution in [-0.2, 0) is 19.5 Å². The molecule has 1 aromatic carbocycles. The van der Waals surface area contributed by atoms with Gasteiger partial charge in [-0.15, -0.1) is 11.3 Å². The Hall–Kier alpha value is -2.43. The third-order valence-electron chi connectivity index (χ3n) is 4.22. The highest BCUT2D eigenvalue weighted by atomic mass is 32.2. The van der Waals surface area contributed by atoms with Gasteiger partial charge in [0.25, 0.3) is 15.9 Å². The number of para-hydroxylation sites is 1. The zero-order valence-corrected chi connectivity index (χ0v) is 16.8. The predicted octanol–water partition coefficient (Wildman–Crippen LogP) is 2.24. The molecule has 1 fully saturated rings. The maximum absolute atomic E-state index is 12.8. The Balaban J connectivity index is 1.80.